The van der Waals surface area contributed by atoms with E-state index in [1.54, 1.807) is 0 Å². The van der Waals surface area contributed by atoms with E-state index in [1.165, 1.54) is 44.5 Å². The van der Waals surface area contributed by atoms with Crippen LogP contribution in [0.2, 0.25) is 0 Å². The number of likely N-dealkylation sites (tertiary alicyclic amines) is 1. The lowest BCUT2D eigenvalue weighted by Gasteiger charge is -2.26. The predicted octanol–water partition coefficient (Wildman–Crippen LogP) is 3.08. The van der Waals surface area contributed by atoms with Crippen LogP contribution >= 0.6 is 0 Å². The van der Waals surface area contributed by atoms with Crippen LogP contribution in [0.1, 0.15) is 38.7 Å². The van der Waals surface area contributed by atoms with Gasteiger partial charge in [-0.05, 0) is 51.3 Å². The van der Waals surface area contributed by atoms with Crippen LogP contribution in [0.25, 0.3) is 0 Å². The second kappa shape index (κ2) is 7.66. The number of hydrogen-bond donors (Lipinski definition) is 1. The van der Waals surface area contributed by atoms with Crippen molar-refractivity contribution in [2.45, 2.75) is 51.6 Å². The van der Waals surface area contributed by atoms with E-state index in [0.717, 1.165) is 6.42 Å². The number of nitrogens with zero attached hydrogens (tertiary/aromatic N) is 1. The lowest BCUT2D eigenvalue weighted by molar-refractivity contribution is 0.283. The van der Waals surface area contributed by atoms with Crippen LogP contribution in [0.4, 0.5) is 0 Å². The average molecular weight is 260 g/mol. The summed E-state index contributed by atoms with van der Waals surface area (Å²) in [7, 11) is 0. The Kier molecular flexibility index (Phi) is 5.87. The molecule has 106 valence electrons. The quantitative estimate of drug-likeness (QED) is 0.810. The maximum Gasteiger partial charge on any atom is 0.0169 e. The van der Waals surface area contributed by atoms with E-state index >= 15 is 0 Å². The van der Waals surface area contributed by atoms with Gasteiger partial charge in [0.1, 0.15) is 0 Å². The van der Waals surface area contributed by atoms with Crippen molar-refractivity contribution in [2.75, 3.05) is 19.6 Å². The fourth-order valence-electron chi connectivity index (χ4n) is 3.03. The Bertz CT molecular complexity index is 344. The molecular formula is C17H28N2. The molecule has 1 aliphatic rings. The molecule has 1 saturated heterocycles. The third kappa shape index (κ3) is 4.96. The van der Waals surface area contributed by atoms with Gasteiger partial charge in [-0.3, -0.25) is 0 Å². The van der Waals surface area contributed by atoms with Gasteiger partial charge < -0.3 is 10.2 Å². The highest BCUT2D eigenvalue weighted by molar-refractivity contribution is 5.15. The van der Waals surface area contributed by atoms with Crippen molar-refractivity contribution in [1.29, 1.82) is 0 Å². The molecule has 2 atom stereocenters. The summed E-state index contributed by atoms with van der Waals surface area (Å²) in [6, 6.07) is 12.0. The van der Waals surface area contributed by atoms with E-state index in [-0.39, 0.29) is 0 Å². The van der Waals surface area contributed by atoms with Gasteiger partial charge in [0.2, 0.25) is 0 Å². The summed E-state index contributed by atoms with van der Waals surface area (Å²) >= 11 is 0. The lowest BCUT2D eigenvalue weighted by Crippen LogP contribution is -2.43. The van der Waals surface area contributed by atoms with Crippen LogP contribution in [-0.2, 0) is 6.42 Å². The molecular weight excluding hydrogens is 232 g/mol. The van der Waals surface area contributed by atoms with Crippen LogP contribution < -0.4 is 5.32 Å². The van der Waals surface area contributed by atoms with Crippen molar-refractivity contribution < 1.29 is 0 Å². The summed E-state index contributed by atoms with van der Waals surface area (Å²) in [4.78, 5) is 2.59. The summed E-state index contributed by atoms with van der Waals surface area (Å²) in [5.41, 5.74) is 1.44. The summed E-state index contributed by atoms with van der Waals surface area (Å²) in [6.45, 7) is 8.39. The smallest absolute Gasteiger partial charge is 0.0169 e. The van der Waals surface area contributed by atoms with Crippen LogP contribution in [0.5, 0.6) is 0 Å². The highest BCUT2D eigenvalue weighted by Gasteiger charge is 2.16. The molecule has 0 aliphatic carbocycles. The minimum absolute atomic E-state index is 0.590. The van der Waals surface area contributed by atoms with Crippen LogP contribution in [0, 0.1) is 0 Å². The second-order valence-corrected chi connectivity index (χ2v) is 5.87. The molecule has 19 heavy (non-hydrogen) atoms. The minimum atomic E-state index is 0.590. The van der Waals surface area contributed by atoms with Crippen molar-refractivity contribution in [3.8, 4) is 0 Å². The van der Waals surface area contributed by atoms with E-state index in [4.69, 9.17) is 0 Å². The van der Waals surface area contributed by atoms with Crippen molar-refractivity contribution >= 4 is 0 Å². The first-order chi connectivity index (χ1) is 9.28. The molecule has 0 radical (unpaired) electrons. The van der Waals surface area contributed by atoms with E-state index < -0.39 is 0 Å². The maximum atomic E-state index is 3.80. The number of nitrogens with one attached hydrogen (secondary N) is 1. The summed E-state index contributed by atoms with van der Waals surface area (Å²) in [5.74, 6) is 0. The first-order valence-electron chi connectivity index (χ1n) is 7.80. The van der Waals surface area contributed by atoms with Crippen molar-refractivity contribution in [3.05, 3.63) is 35.9 Å². The van der Waals surface area contributed by atoms with Gasteiger partial charge in [0, 0.05) is 18.6 Å². The molecule has 0 aromatic heterocycles. The third-order valence-corrected chi connectivity index (χ3v) is 4.07. The third-order valence-electron chi connectivity index (χ3n) is 4.07. The Balaban J connectivity index is 1.77. The van der Waals surface area contributed by atoms with Gasteiger partial charge >= 0.3 is 0 Å². The number of rotatable bonds is 7. The van der Waals surface area contributed by atoms with Crippen molar-refractivity contribution in [3.63, 3.8) is 0 Å². The largest absolute Gasteiger partial charge is 0.310 e. The maximum absolute atomic E-state index is 3.80. The Labute approximate surface area is 118 Å². The molecule has 0 spiro atoms. The van der Waals surface area contributed by atoms with Crippen LogP contribution in [0.15, 0.2) is 30.3 Å². The molecule has 2 unspecified atom stereocenters. The Morgan fingerprint density at radius 1 is 1.16 bits per heavy atom. The van der Waals surface area contributed by atoms with Gasteiger partial charge in [-0.1, -0.05) is 37.3 Å². The molecule has 0 saturated carbocycles. The first-order valence-corrected chi connectivity index (χ1v) is 7.80. The topological polar surface area (TPSA) is 15.3 Å². The summed E-state index contributed by atoms with van der Waals surface area (Å²) in [6.07, 6.45) is 5.10. The van der Waals surface area contributed by atoms with Gasteiger partial charge in [-0.25, -0.2) is 0 Å². The zero-order chi connectivity index (χ0) is 13.5. The van der Waals surface area contributed by atoms with Gasteiger partial charge in [0.05, 0.1) is 0 Å². The molecule has 0 bridgehead atoms. The Morgan fingerprint density at radius 2 is 1.84 bits per heavy atom. The molecule has 2 nitrogen and oxygen atoms in total. The van der Waals surface area contributed by atoms with E-state index in [1.807, 2.05) is 0 Å². The van der Waals surface area contributed by atoms with Crippen molar-refractivity contribution in [2.24, 2.45) is 0 Å². The molecule has 1 heterocycles. The van der Waals surface area contributed by atoms with Gasteiger partial charge in [0.25, 0.3) is 0 Å². The minimum Gasteiger partial charge on any atom is -0.310 e. The Morgan fingerprint density at radius 3 is 2.47 bits per heavy atom. The lowest BCUT2D eigenvalue weighted by atomic mass is 10.0. The van der Waals surface area contributed by atoms with E-state index in [9.17, 15) is 0 Å². The van der Waals surface area contributed by atoms with E-state index in [2.05, 4.69) is 54.4 Å². The van der Waals surface area contributed by atoms with Crippen molar-refractivity contribution in [1.82, 2.24) is 10.2 Å². The number of benzene rings is 1. The standard InChI is InChI=1S/C17H28N2/c1-3-17(13-16-9-5-4-6-10-16)18-15(2)14-19-11-7-8-12-19/h4-6,9-10,15,17-18H,3,7-8,11-14H2,1-2H3. The predicted molar refractivity (Wildman–Crippen MR) is 82.5 cm³/mol. The molecule has 1 aromatic rings. The second-order valence-electron chi connectivity index (χ2n) is 5.87. The first kappa shape index (κ1) is 14.5. The summed E-state index contributed by atoms with van der Waals surface area (Å²) in [5, 5.41) is 3.80. The molecule has 1 N–H and O–H groups in total. The van der Waals surface area contributed by atoms with E-state index in [0.29, 0.717) is 12.1 Å². The van der Waals surface area contributed by atoms with Gasteiger partial charge in [0.15, 0.2) is 0 Å². The SMILES string of the molecule is CCC(Cc1ccccc1)NC(C)CN1CCCC1. The highest BCUT2D eigenvalue weighted by Crippen LogP contribution is 2.10. The van der Waals surface area contributed by atoms with Crippen LogP contribution in [-0.4, -0.2) is 36.6 Å². The number of hydrogen-bond acceptors (Lipinski definition) is 2. The molecule has 2 rings (SSSR count). The molecule has 1 fully saturated rings. The van der Waals surface area contributed by atoms with Crippen LogP contribution in [0.3, 0.4) is 0 Å². The average Bonchev–Trinajstić information content (AvgIpc) is 2.92. The monoisotopic (exact) mass is 260 g/mol. The zero-order valence-corrected chi connectivity index (χ0v) is 12.4. The fourth-order valence-corrected chi connectivity index (χ4v) is 3.03. The van der Waals surface area contributed by atoms with Gasteiger partial charge in [-0.15, -0.1) is 0 Å². The molecule has 1 aliphatic heterocycles. The highest BCUT2D eigenvalue weighted by atomic mass is 15.2. The zero-order valence-electron chi connectivity index (χ0n) is 12.4. The normalized spacial score (nSPS) is 19.5. The molecule has 1 aromatic carbocycles. The summed E-state index contributed by atoms with van der Waals surface area (Å²) < 4.78 is 0. The fraction of sp³-hybridized carbons (Fsp3) is 0.647. The Hall–Kier alpha value is -0.860. The molecule has 0 amide bonds. The van der Waals surface area contributed by atoms with Gasteiger partial charge in [-0.2, -0.15) is 0 Å². The molecule has 2 heteroatoms.